The molecule has 1 amide bonds. The third-order valence-electron chi connectivity index (χ3n) is 5.08. The summed E-state index contributed by atoms with van der Waals surface area (Å²) in [5.74, 6) is 1.20. The first-order valence-electron chi connectivity index (χ1n) is 9.46. The molecule has 0 fully saturated rings. The van der Waals surface area contributed by atoms with Crippen LogP contribution < -0.4 is 5.43 Å². The zero-order valence-corrected chi connectivity index (χ0v) is 17.2. The molecule has 0 spiro atoms. The van der Waals surface area contributed by atoms with Gasteiger partial charge in [-0.05, 0) is 62.6 Å². The molecular weight excluding hydrogens is 342 g/mol. The van der Waals surface area contributed by atoms with Crippen molar-refractivity contribution in [1.82, 2.24) is 9.99 Å². The fourth-order valence-corrected chi connectivity index (χ4v) is 4.74. The standard InChI is InChI=1S/C21H29N3OS/c1-13(2)12-24-15(4)9-18(16(24)5)11-22-23-21(25)20-10-17-8-14(3)6-7-19(17)26-20/h9-11,13-14H,6-8,12H2,1-5H3,(H,23,25)/t14-/m1/s1. The monoisotopic (exact) mass is 371 g/mol. The van der Waals surface area contributed by atoms with Gasteiger partial charge in [0.25, 0.3) is 5.91 Å². The van der Waals surface area contributed by atoms with Crippen LogP contribution in [0.4, 0.5) is 0 Å². The molecule has 1 aliphatic rings. The minimum Gasteiger partial charge on any atom is -0.348 e. The van der Waals surface area contributed by atoms with Crippen molar-refractivity contribution >= 4 is 23.5 Å². The first kappa shape index (κ1) is 18.9. The molecule has 2 aromatic rings. The summed E-state index contributed by atoms with van der Waals surface area (Å²) in [5, 5.41) is 4.20. The molecule has 26 heavy (non-hydrogen) atoms. The largest absolute Gasteiger partial charge is 0.348 e. The van der Waals surface area contributed by atoms with E-state index in [9.17, 15) is 4.79 Å². The van der Waals surface area contributed by atoms with E-state index in [1.807, 2.05) is 0 Å². The zero-order chi connectivity index (χ0) is 18.8. The van der Waals surface area contributed by atoms with Crippen molar-refractivity contribution in [3.63, 3.8) is 0 Å². The molecule has 0 aliphatic heterocycles. The summed E-state index contributed by atoms with van der Waals surface area (Å²) in [4.78, 5) is 14.6. The van der Waals surface area contributed by atoms with E-state index in [1.165, 1.54) is 28.2 Å². The lowest BCUT2D eigenvalue weighted by molar-refractivity contribution is 0.0959. The number of aryl methyl sites for hydroxylation is 2. The second kappa shape index (κ2) is 7.78. The summed E-state index contributed by atoms with van der Waals surface area (Å²) in [5.41, 5.74) is 7.52. The quantitative estimate of drug-likeness (QED) is 0.600. The average molecular weight is 372 g/mol. The van der Waals surface area contributed by atoms with Crippen molar-refractivity contribution in [2.75, 3.05) is 0 Å². The number of amides is 1. The Morgan fingerprint density at radius 1 is 1.42 bits per heavy atom. The Hall–Kier alpha value is -1.88. The molecule has 0 radical (unpaired) electrons. The zero-order valence-electron chi connectivity index (χ0n) is 16.4. The van der Waals surface area contributed by atoms with Crippen LogP contribution in [0, 0.1) is 25.7 Å². The minimum atomic E-state index is -0.107. The number of carbonyl (C=O) groups excluding carboxylic acids is 1. The maximum absolute atomic E-state index is 12.4. The number of fused-ring (bicyclic) bond motifs is 1. The Kier molecular flexibility index (Phi) is 5.66. The average Bonchev–Trinajstić information content (AvgIpc) is 3.10. The molecule has 2 heterocycles. The molecule has 140 valence electrons. The summed E-state index contributed by atoms with van der Waals surface area (Å²) in [6, 6.07) is 4.17. The maximum Gasteiger partial charge on any atom is 0.281 e. The van der Waals surface area contributed by atoms with Crippen LogP contribution in [0.15, 0.2) is 17.2 Å². The number of carbonyl (C=O) groups is 1. The van der Waals surface area contributed by atoms with E-state index in [-0.39, 0.29) is 5.91 Å². The van der Waals surface area contributed by atoms with Gasteiger partial charge in [0.2, 0.25) is 0 Å². The third-order valence-corrected chi connectivity index (χ3v) is 6.32. The number of nitrogens with zero attached hydrogens (tertiary/aromatic N) is 2. The number of thiophene rings is 1. The van der Waals surface area contributed by atoms with Gasteiger partial charge < -0.3 is 4.57 Å². The van der Waals surface area contributed by atoms with Crippen molar-refractivity contribution in [2.45, 2.75) is 60.4 Å². The molecule has 0 aromatic carbocycles. The maximum atomic E-state index is 12.4. The van der Waals surface area contributed by atoms with Crippen molar-refractivity contribution in [3.05, 3.63) is 44.4 Å². The molecule has 4 nitrogen and oxygen atoms in total. The third kappa shape index (κ3) is 4.09. The summed E-state index contributed by atoms with van der Waals surface area (Å²) in [6.45, 7) is 11.9. The second-order valence-corrected chi connectivity index (χ2v) is 9.07. The van der Waals surface area contributed by atoms with Crippen LogP contribution in [0.5, 0.6) is 0 Å². The van der Waals surface area contributed by atoms with Crippen LogP contribution >= 0.6 is 11.3 Å². The normalized spacial score (nSPS) is 17.1. The fourth-order valence-electron chi connectivity index (χ4n) is 3.64. The van der Waals surface area contributed by atoms with Gasteiger partial charge >= 0.3 is 0 Å². The molecule has 1 aliphatic carbocycles. The Labute approximate surface area is 160 Å². The van der Waals surface area contributed by atoms with Crippen LogP contribution in [0.1, 0.15) is 64.3 Å². The van der Waals surface area contributed by atoms with Gasteiger partial charge in [-0.2, -0.15) is 5.10 Å². The molecule has 5 heteroatoms. The minimum absolute atomic E-state index is 0.107. The van der Waals surface area contributed by atoms with Gasteiger partial charge in [-0.25, -0.2) is 5.43 Å². The Morgan fingerprint density at radius 3 is 2.92 bits per heavy atom. The molecule has 0 saturated heterocycles. The first-order valence-corrected chi connectivity index (χ1v) is 10.3. The Bertz CT molecular complexity index is 829. The summed E-state index contributed by atoms with van der Waals surface area (Å²) >= 11 is 1.62. The van der Waals surface area contributed by atoms with E-state index < -0.39 is 0 Å². The van der Waals surface area contributed by atoms with E-state index >= 15 is 0 Å². The van der Waals surface area contributed by atoms with Gasteiger partial charge in [-0.3, -0.25) is 4.79 Å². The van der Waals surface area contributed by atoms with E-state index in [2.05, 4.69) is 61.8 Å². The molecule has 3 rings (SSSR count). The highest BCUT2D eigenvalue weighted by Gasteiger charge is 2.20. The highest BCUT2D eigenvalue weighted by atomic mass is 32.1. The number of hydrazone groups is 1. The fraction of sp³-hybridized carbons (Fsp3) is 0.524. The molecule has 0 saturated carbocycles. The van der Waals surface area contributed by atoms with E-state index in [1.54, 1.807) is 17.6 Å². The highest BCUT2D eigenvalue weighted by molar-refractivity contribution is 7.14. The predicted molar refractivity (Wildman–Crippen MR) is 109 cm³/mol. The number of aromatic nitrogens is 1. The van der Waals surface area contributed by atoms with Gasteiger partial charge in [0.1, 0.15) is 0 Å². The highest BCUT2D eigenvalue weighted by Crippen LogP contribution is 2.32. The van der Waals surface area contributed by atoms with Crippen LogP contribution in [0.2, 0.25) is 0 Å². The van der Waals surface area contributed by atoms with E-state index in [0.717, 1.165) is 29.8 Å². The number of rotatable bonds is 5. The summed E-state index contributed by atoms with van der Waals surface area (Å²) < 4.78 is 2.31. The van der Waals surface area contributed by atoms with Gasteiger partial charge in [0.15, 0.2) is 0 Å². The van der Waals surface area contributed by atoms with Gasteiger partial charge in [0.05, 0.1) is 11.1 Å². The molecular formula is C21H29N3OS. The van der Waals surface area contributed by atoms with Crippen molar-refractivity contribution in [3.8, 4) is 0 Å². The molecule has 1 atom stereocenters. The molecule has 0 unspecified atom stereocenters. The second-order valence-electron chi connectivity index (χ2n) is 7.94. The number of hydrogen-bond donors (Lipinski definition) is 1. The van der Waals surface area contributed by atoms with Gasteiger partial charge in [-0.1, -0.05) is 20.8 Å². The van der Waals surface area contributed by atoms with Crippen LogP contribution in [-0.4, -0.2) is 16.7 Å². The number of nitrogens with one attached hydrogen (secondary N) is 1. The van der Waals surface area contributed by atoms with Crippen molar-refractivity contribution in [1.29, 1.82) is 0 Å². The predicted octanol–water partition coefficient (Wildman–Crippen LogP) is 4.71. The van der Waals surface area contributed by atoms with Crippen LogP contribution in [0.3, 0.4) is 0 Å². The lowest BCUT2D eigenvalue weighted by Gasteiger charge is -2.16. The Morgan fingerprint density at radius 2 is 2.19 bits per heavy atom. The summed E-state index contributed by atoms with van der Waals surface area (Å²) in [6.07, 6.45) is 5.16. The topological polar surface area (TPSA) is 46.4 Å². The smallest absolute Gasteiger partial charge is 0.281 e. The summed E-state index contributed by atoms with van der Waals surface area (Å²) in [7, 11) is 0. The van der Waals surface area contributed by atoms with Crippen molar-refractivity contribution < 1.29 is 4.79 Å². The lowest BCUT2D eigenvalue weighted by Crippen LogP contribution is -2.16. The SMILES string of the molecule is Cc1cc(C=NNC(=O)c2cc3c(s2)CC[C@@H](C)C3)c(C)n1CC(C)C. The lowest BCUT2D eigenvalue weighted by atomic mass is 9.90. The molecule has 1 N–H and O–H groups in total. The Balaban J connectivity index is 1.66. The van der Waals surface area contributed by atoms with Crippen molar-refractivity contribution in [2.24, 2.45) is 16.9 Å². The van der Waals surface area contributed by atoms with Crippen LogP contribution in [-0.2, 0) is 19.4 Å². The van der Waals surface area contributed by atoms with E-state index in [4.69, 9.17) is 0 Å². The van der Waals surface area contributed by atoms with E-state index in [0.29, 0.717) is 11.8 Å². The van der Waals surface area contributed by atoms with Gasteiger partial charge in [0, 0.05) is 28.4 Å². The first-order chi connectivity index (χ1) is 12.3. The van der Waals surface area contributed by atoms with Crippen LogP contribution in [0.25, 0.3) is 0 Å². The molecule has 2 aromatic heterocycles. The number of hydrogen-bond acceptors (Lipinski definition) is 3. The van der Waals surface area contributed by atoms with Gasteiger partial charge in [-0.15, -0.1) is 11.3 Å². The molecule has 0 bridgehead atoms.